The third-order valence-corrected chi connectivity index (χ3v) is 3.06. The summed E-state index contributed by atoms with van der Waals surface area (Å²) in [6.45, 7) is 0.429. The van der Waals surface area contributed by atoms with Crippen molar-refractivity contribution in [1.82, 2.24) is 0 Å². The van der Waals surface area contributed by atoms with E-state index in [1.165, 1.54) is 0 Å². The average Bonchev–Trinajstić information content (AvgIpc) is 2.93. The predicted molar refractivity (Wildman–Crippen MR) is 50.9 cm³/mol. The molecule has 0 heterocycles. The molecule has 0 amide bonds. The molecular formula is C11H12F3N. The van der Waals surface area contributed by atoms with E-state index in [0.717, 1.165) is 18.9 Å². The van der Waals surface area contributed by atoms with Crippen LogP contribution in [0.2, 0.25) is 0 Å². The van der Waals surface area contributed by atoms with Gasteiger partial charge in [-0.05, 0) is 42.9 Å². The van der Waals surface area contributed by atoms with Gasteiger partial charge in [-0.15, -0.1) is 0 Å². The van der Waals surface area contributed by atoms with Gasteiger partial charge in [0.2, 0.25) is 0 Å². The Morgan fingerprint density at radius 3 is 2.20 bits per heavy atom. The number of hydrogen-bond donors (Lipinski definition) is 1. The summed E-state index contributed by atoms with van der Waals surface area (Å²) in [6, 6.07) is 1.58. The molecule has 0 atom stereocenters. The average molecular weight is 215 g/mol. The molecular weight excluding hydrogens is 203 g/mol. The fraction of sp³-hybridized carbons (Fsp3) is 0.455. The first-order chi connectivity index (χ1) is 7.09. The van der Waals surface area contributed by atoms with Gasteiger partial charge in [-0.3, -0.25) is 0 Å². The van der Waals surface area contributed by atoms with Crippen LogP contribution in [0.15, 0.2) is 12.1 Å². The van der Waals surface area contributed by atoms with Crippen LogP contribution in [-0.4, -0.2) is 6.54 Å². The second kappa shape index (κ2) is 3.52. The standard InChI is InChI=1S/C11H12F3N/c12-8-6-10(14)9(13)5-7(8)11(1-2-11)3-4-15/h5-6H,1-4,15H2. The maximum atomic E-state index is 13.4. The minimum absolute atomic E-state index is 0.270. The van der Waals surface area contributed by atoms with Gasteiger partial charge in [0.25, 0.3) is 0 Å². The normalized spacial score (nSPS) is 17.9. The summed E-state index contributed by atoms with van der Waals surface area (Å²) in [5.74, 6) is -2.80. The Bertz CT molecular complexity index is 386. The molecule has 0 spiro atoms. The summed E-state index contributed by atoms with van der Waals surface area (Å²) in [7, 11) is 0. The molecule has 0 saturated heterocycles. The molecule has 1 saturated carbocycles. The highest BCUT2D eigenvalue weighted by Crippen LogP contribution is 2.51. The van der Waals surface area contributed by atoms with E-state index in [2.05, 4.69) is 0 Å². The molecule has 0 aromatic heterocycles. The van der Waals surface area contributed by atoms with Gasteiger partial charge in [0.1, 0.15) is 5.82 Å². The first-order valence-electron chi connectivity index (χ1n) is 4.94. The zero-order valence-electron chi connectivity index (χ0n) is 8.19. The number of hydrogen-bond acceptors (Lipinski definition) is 1. The van der Waals surface area contributed by atoms with Crippen LogP contribution in [-0.2, 0) is 5.41 Å². The van der Waals surface area contributed by atoms with Crippen molar-refractivity contribution in [2.45, 2.75) is 24.7 Å². The second-order valence-electron chi connectivity index (χ2n) is 4.07. The number of rotatable bonds is 3. The Balaban J connectivity index is 2.40. The van der Waals surface area contributed by atoms with Crippen molar-refractivity contribution in [2.75, 3.05) is 6.54 Å². The lowest BCUT2D eigenvalue weighted by molar-refractivity contribution is 0.477. The zero-order chi connectivity index (χ0) is 11.1. The quantitative estimate of drug-likeness (QED) is 0.770. The fourth-order valence-electron chi connectivity index (χ4n) is 2.01. The molecule has 1 aliphatic rings. The van der Waals surface area contributed by atoms with Crippen molar-refractivity contribution < 1.29 is 13.2 Å². The van der Waals surface area contributed by atoms with Crippen LogP contribution in [0.3, 0.4) is 0 Å². The first kappa shape index (κ1) is 10.5. The van der Waals surface area contributed by atoms with Crippen molar-refractivity contribution >= 4 is 0 Å². The molecule has 0 unspecified atom stereocenters. The second-order valence-corrected chi connectivity index (χ2v) is 4.07. The third kappa shape index (κ3) is 1.74. The topological polar surface area (TPSA) is 26.0 Å². The van der Waals surface area contributed by atoms with E-state index >= 15 is 0 Å². The van der Waals surface area contributed by atoms with Crippen LogP contribution in [0.1, 0.15) is 24.8 Å². The SMILES string of the molecule is NCCC1(c2cc(F)c(F)cc2F)CC1. The van der Waals surface area contributed by atoms with Gasteiger partial charge in [0.05, 0.1) is 0 Å². The van der Waals surface area contributed by atoms with Crippen molar-refractivity contribution in [2.24, 2.45) is 5.73 Å². The molecule has 15 heavy (non-hydrogen) atoms. The molecule has 1 aromatic rings. The lowest BCUT2D eigenvalue weighted by atomic mass is 9.92. The number of nitrogens with two attached hydrogens (primary N) is 1. The van der Waals surface area contributed by atoms with Gasteiger partial charge in [-0.1, -0.05) is 0 Å². The Labute approximate surface area is 86.1 Å². The van der Waals surface area contributed by atoms with E-state index in [1.54, 1.807) is 0 Å². The van der Waals surface area contributed by atoms with E-state index in [1.807, 2.05) is 0 Å². The molecule has 0 radical (unpaired) electrons. The summed E-state index contributed by atoms with van der Waals surface area (Å²) in [4.78, 5) is 0. The van der Waals surface area contributed by atoms with Crippen LogP contribution in [0, 0.1) is 17.5 Å². The van der Waals surface area contributed by atoms with Crippen molar-refractivity contribution in [1.29, 1.82) is 0 Å². The molecule has 1 aliphatic carbocycles. The van der Waals surface area contributed by atoms with Crippen LogP contribution in [0.25, 0.3) is 0 Å². The van der Waals surface area contributed by atoms with Gasteiger partial charge in [0, 0.05) is 6.07 Å². The van der Waals surface area contributed by atoms with Gasteiger partial charge in [-0.2, -0.15) is 0 Å². The van der Waals surface area contributed by atoms with E-state index in [9.17, 15) is 13.2 Å². The summed E-state index contributed by atoms with van der Waals surface area (Å²) >= 11 is 0. The van der Waals surface area contributed by atoms with Crippen molar-refractivity contribution in [3.63, 3.8) is 0 Å². The van der Waals surface area contributed by atoms with Crippen LogP contribution >= 0.6 is 0 Å². The van der Waals surface area contributed by atoms with Gasteiger partial charge < -0.3 is 5.73 Å². The van der Waals surface area contributed by atoms with E-state index < -0.39 is 17.5 Å². The van der Waals surface area contributed by atoms with Gasteiger partial charge >= 0.3 is 0 Å². The number of benzene rings is 1. The fourth-order valence-corrected chi connectivity index (χ4v) is 2.01. The van der Waals surface area contributed by atoms with E-state index in [0.29, 0.717) is 19.0 Å². The third-order valence-electron chi connectivity index (χ3n) is 3.06. The van der Waals surface area contributed by atoms with Crippen molar-refractivity contribution in [3.05, 3.63) is 35.1 Å². The van der Waals surface area contributed by atoms with Crippen LogP contribution in [0.4, 0.5) is 13.2 Å². The van der Waals surface area contributed by atoms with Crippen molar-refractivity contribution in [3.8, 4) is 0 Å². The molecule has 0 aliphatic heterocycles. The molecule has 1 nitrogen and oxygen atoms in total. The summed E-state index contributed by atoms with van der Waals surface area (Å²) in [6.07, 6.45) is 2.22. The maximum Gasteiger partial charge on any atom is 0.161 e. The Morgan fingerprint density at radius 1 is 1.07 bits per heavy atom. The molecule has 4 heteroatoms. The highest BCUT2D eigenvalue weighted by atomic mass is 19.2. The molecule has 1 fully saturated rings. The summed E-state index contributed by atoms with van der Waals surface area (Å²) in [5.41, 5.74) is 5.35. The highest BCUT2D eigenvalue weighted by molar-refractivity contribution is 5.33. The maximum absolute atomic E-state index is 13.4. The Hall–Kier alpha value is -1.03. The lowest BCUT2D eigenvalue weighted by Crippen LogP contribution is -2.15. The van der Waals surface area contributed by atoms with Crippen LogP contribution < -0.4 is 5.73 Å². The van der Waals surface area contributed by atoms with E-state index in [4.69, 9.17) is 5.73 Å². The monoisotopic (exact) mass is 215 g/mol. The first-order valence-corrected chi connectivity index (χ1v) is 4.94. The molecule has 1 aromatic carbocycles. The minimum atomic E-state index is -1.14. The zero-order valence-corrected chi connectivity index (χ0v) is 8.19. The number of halogens is 3. The molecule has 0 bridgehead atoms. The largest absolute Gasteiger partial charge is 0.330 e. The Morgan fingerprint density at radius 2 is 1.67 bits per heavy atom. The summed E-state index contributed by atoms with van der Waals surface area (Å²) in [5, 5.41) is 0. The van der Waals surface area contributed by atoms with Gasteiger partial charge in [-0.25, -0.2) is 13.2 Å². The summed E-state index contributed by atoms with van der Waals surface area (Å²) < 4.78 is 39.1. The molecule has 2 rings (SSSR count). The van der Waals surface area contributed by atoms with E-state index in [-0.39, 0.29) is 11.0 Å². The van der Waals surface area contributed by atoms with Gasteiger partial charge in [0.15, 0.2) is 11.6 Å². The lowest BCUT2D eigenvalue weighted by Gasteiger charge is -2.15. The molecule has 2 N–H and O–H groups in total. The van der Waals surface area contributed by atoms with Crippen LogP contribution in [0.5, 0.6) is 0 Å². The minimum Gasteiger partial charge on any atom is -0.330 e. The highest BCUT2D eigenvalue weighted by Gasteiger charge is 2.45. The molecule has 82 valence electrons. The Kier molecular flexibility index (Phi) is 2.46. The smallest absolute Gasteiger partial charge is 0.161 e. The predicted octanol–water partition coefficient (Wildman–Crippen LogP) is 2.48.